The number of rotatable bonds is 7. The van der Waals surface area contributed by atoms with Crippen molar-refractivity contribution in [2.24, 2.45) is 5.14 Å². The fourth-order valence-electron chi connectivity index (χ4n) is 3.27. The molecular weight excluding hydrogens is 362 g/mol. The molecule has 1 fully saturated rings. The van der Waals surface area contributed by atoms with E-state index in [4.69, 9.17) is 5.14 Å². The van der Waals surface area contributed by atoms with Gasteiger partial charge in [0.25, 0.3) is 0 Å². The summed E-state index contributed by atoms with van der Waals surface area (Å²) < 4.78 is 24.8. The fourth-order valence-corrected chi connectivity index (χ4v) is 3.78. The Kier molecular flexibility index (Phi) is 5.53. The Bertz CT molecular complexity index is 969. The first-order chi connectivity index (χ1) is 12.8. The van der Waals surface area contributed by atoms with Gasteiger partial charge in [-0.15, -0.1) is 0 Å². The van der Waals surface area contributed by atoms with E-state index in [2.05, 4.69) is 29.8 Å². The van der Waals surface area contributed by atoms with Crippen molar-refractivity contribution in [2.45, 2.75) is 44.0 Å². The van der Waals surface area contributed by atoms with Crippen molar-refractivity contribution in [3.05, 3.63) is 58.9 Å². The van der Waals surface area contributed by atoms with Crippen LogP contribution in [0.2, 0.25) is 0 Å². The number of carbonyl (C=O) groups is 1. The zero-order valence-electron chi connectivity index (χ0n) is 15.6. The number of aryl methyl sites for hydroxylation is 1. The lowest BCUT2D eigenvalue weighted by Crippen LogP contribution is -2.23. The van der Waals surface area contributed by atoms with Gasteiger partial charge in [0.1, 0.15) is 0 Å². The average molecular weight is 388 g/mol. The molecule has 6 nitrogen and oxygen atoms in total. The maximum absolute atomic E-state index is 12.0. The largest absolute Gasteiger partial charge is 0.352 e. The van der Waals surface area contributed by atoms with Crippen LogP contribution in [0.1, 0.15) is 41.4 Å². The summed E-state index contributed by atoms with van der Waals surface area (Å²) in [5.41, 5.74) is 4.44. The van der Waals surface area contributed by atoms with Gasteiger partial charge in [-0.3, -0.25) is 4.79 Å². The highest BCUT2D eigenvalue weighted by atomic mass is 32.2. The van der Waals surface area contributed by atoms with Gasteiger partial charge in [-0.1, -0.05) is 12.1 Å². The second-order valence-corrected chi connectivity index (χ2v) is 8.55. The second kappa shape index (κ2) is 7.70. The summed E-state index contributed by atoms with van der Waals surface area (Å²) in [5, 5.41) is 7.92. The lowest BCUT2D eigenvalue weighted by Gasteiger charge is -2.06. The van der Waals surface area contributed by atoms with Gasteiger partial charge < -0.3 is 9.88 Å². The molecule has 0 saturated heterocycles. The van der Waals surface area contributed by atoms with Crippen molar-refractivity contribution >= 4 is 22.0 Å². The Balaban J connectivity index is 1.51. The Hall–Kier alpha value is -2.38. The van der Waals surface area contributed by atoms with Crippen LogP contribution in [-0.2, 0) is 21.2 Å². The molecule has 1 aromatic carbocycles. The monoisotopic (exact) mass is 387 g/mol. The van der Waals surface area contributed by atoms with E-state index in [9.17, 15) is 13.2 Å². The number of primary sulfonamides is 1. The van der Waals surface area contributed by atoms with Gasteiger partial charge in [0.2, 0.25) is 15.9 Å². The Morgan fingerprint density at radius 1 is 1.26 bits per heavy atom. The van der Waals surface area contributed by atoms with Crippen molar-refractivity contribution in [1.29, 1.82) is 0 Å². The molecule has 1 aromatic heterocycles. The van der Waals surface area contributed by atoms with Gasteiger partial charge >= 0.3 is 0 Å². The molecule has 1 aliphatic rings. The highest BCUT2D eigenvalue weighted by molar-refractivity contribution is 7.89. The second-order valence-electron chi connectivity index (χ2n) is 6.99. The van der Waals surface area contributed by atoms with Gasteiger partial charge in [-0.2, -0.15) is 0 Å². The van der Waals surface area contributed by atoms with Crippen LogP contribution < -0.4 is 10.5 Å². The normalized spacial score (nSPS) is 14.6. The molecule has 27 heavy (non-hydrogen) atoms. The molecule has 7 heteroatoms. The van der Waals surface area contributed by atoms with E-state index in [1.807, 2.05) is 6.08 Å². The number of nitrogens with two attached hydrogens (primary N) is 1. The number of hydrogen-bond acceptors (Lipinski definition) is 3. The third-order valence-electron chi connectivity index (χ3n) is 4.81. The SMILES string of the molecule is Cc1cc(/C=C/C(=O)NCCc2ccc(S(N)(=O)=O)cc2)c(C)n1C1CC1. The van der Waals surface area contributed by atoms with E-state index in [-0.39, 0.29) is 10.8 Å². The molecular formula is C20H25N3O3S. The summed E-state index contributed by atoms with van der Waals surface area (Å²) >= 11 is 0. The van der Waals surface area contributed by atoms with Crippen molar-refractivity contribution in [3.63, 3.8) is 0 Å². The number of sulfonamides is 1. The van der Waals surface area contributed by atoms with E-state index < -0.39 is 10.0 Å². The van der Waals surface area contributed by atoms with Gasteiger partial charge in [0.05, 0.1) is 4.90 Å². The van der Waals surface area contributed by atoms with Crippen LogP contribution in [0.4, 0.5) is 0 Å². The van der Waals surface area contributed by atoms with Gasteiger partial charge in [0.15, 0.2) is 0 Å². The zero-order valence-corrected chi connectivity index (χ0v) is 16.4. The minimum Gasteiger partial charge on any atom is -0.352 e. The van der Waals surface area contributed by atoms with E-state index in [1.165, 1.54) is 36.4 Å². The first-order valence-electron chi connectivity index (χ1n) is 9.02. The summed E-state index contributed by atoms with van der Waals surface area (Å²) in [7, 11) is -3.67. The first-order valence-corrected chi connectivity index (χ1v) is 10.6. The molecule has 1 amide bonds. The molecule has 0 atom stereocenters. The molecule has 0 unspecified atom stereocenters. The number of amides is 1. The third-order valence-corrected chi connectivity index (χ3v) is 5.74. The minimum absolute atomic E-state index is 0.0852. The first kappa shape index (κ1) is 19.4. The maximum atomic E-state index is 12.0. The quantitative estimate of drug-likeness (QED) is 0.715. The number of carbonyl (C=O) groups excluding carboxylic acids is 1. The Morgan fingerprint density at radius 3 is 2.52 bits per heavy atom. The van der Waals surface area contributed by atoms with Crippen LogP contribution in [-0.4, -0.2) is 25.4 Å². The third kappa shape index (κ3) is 4.87. The molecule has 2 aromatic rings. The molecule has 144 valence electrons. The van der Waals surface area contributed by atoms with Crippen LogP contribution in [0.25, 0.3) is 6.08 Å². The standard InChI is InChI=1S/C20H25N3O3S/c1-14-13-17(15(2)23(14)18-6-7-18)5-10-20(24)22-12-11-16-3-8-19(9-4-16)27(21,25)26/h3-5,8-10,13,18H,6-7,11-12H2,1-2H3,(H,22,24)(H2,21,25,26)/b10-5+. The van der Waals surface area contributed by atoms with Gasteiger partial charge in [0, 0.05) is 30.1 Å². The van der Waals surface area contributed by atoms with E-state index in [0.29, 0.717) is 19.0 Å². The Morgan fingerprint density at radius 2 is 1.93 bits per heavy atom. The molecule has 1 heterocycles. The number of nitrogens with one attached hydrogen (secondary N) is 1. The molecule has 1 saturated carbocycles. The predicted molar refractivity (Wildman–Crippen MR) is 106 cm³/mol. The predicted octanol–water partition coefficient (Wildman–Crippen LogP) is 2.46. The Labute approximate surface area is 160 Å². The smallest absolute Gasteiger partial charge is 0.244 e. The summed E-state index contributed by atoms with van der Waals surface area (Å²) in [6, 6.07) is 9.10. The lowest BCUT2D eigenvalue weighted by molar-refractivity contribution is -0.116. The molecule has 1 aliphatic carbocycles. The van der Waals surface area contributed by atoms with Crippen molar-refractivity contribution in [2.75, 3.05) is 6.54 Å². The van der Waals surface area contributed by atoms with Gasteiger partial charge in [-0.05, 0) is 68.5 Å². The summed E-state index contributed by atoms with van der Waals surface area (Å²) in [6.07, 6.45) is 6.50. The summed E-state index contributed by atoms with van der Waals surface area (Å²) in [5.74, 6) is -0.146. The number of hydrogen-bond donors (Lipinski definition) is 2. The number of nitrogens with zero attached hydrogens (tertiary/aromatic N) is 1. The average Bonchev–Trinajstić information content (AvgIpc) is 3.39. The van der Waals surface area contributed by atoms with Crippen LogP contribution >= 0.6 is 0 Å². The van der Waals surface area contributed by atoms with Crippen LogP contribution in [0.15, 0.2) is 41.3 Å². The van der Waals surface area contributed by atoms with Gasteiger partial charge in [-0.25, -0.2) is 13.6 Å². The van der Waals surface area contributed by atoms with Crippen LogP contribution in [0, 0.1) is 13.8 Å². The number of aromatic nitrogens is 1. The molecule has 0 radical (unpaired) electrons. The van der Waals surface area contributed by atoms with Crippen molar-refractivity contribution < 1.29 is 13.2 Å². The van der Waals surface area contributed by atoms with Crippen molar-refractivity contribution in [1.82, 2.24) is 9.88 Å². The molecule has 3 N–H and O–H groups in total. The highest BCUT2D eigenvalue weighted by Crippen LogP contribution is 2.38. The fraction of sp³-hybridized carbons (Fsp3) is 0.350. The zero-order chi connectivity index (χ0) is 19.6. The van der Waals surface area contributed by atoms with Crippen LogP contribution in [0.3, 0.4) is 0 Å². The summed E-state index contributed by atoms with van der Waals surface area (Å²) in [6.45, 7) is 4.66. The molecule has 0 spiro atoms. The van der Waals surface area contributed by atoms with E-state index in [0.717, 1.165) is 11.1 Å². The van der Waals surface area contributed by atoms with Crippen LogP contribution in [0.5, 0.6) is 0 Å². The molecule has 0 aliphatic heterocycles. The van der Waals surface area contributed by atoms with E-state index in [1.54, 1.807) is 18.2 Å². The topological polar surface area (TPSA) is 94.2 Å². The van der Waals surface area contributed by atoms with Crippen molar-refractivity contribution in [3.8, 4) is 0 Å². The maximum Gasteiger partial charge on any atom is 0.244 e. The summed E-state index contributed by atoms with van der Waals surface area (Å²) in [4.78, 5) is 12.1. The number of benzene rings is 1. The highest BCUT2D eigenvalue weighted by Gasteiger charge is 2.26. The molecule has 0 bridgehead atoms. The molecule has 3 rings (SSSR count). The lowest BCUT2D eigenvalue weighted by atomic mass is 10.1. The minimum atomic E-state index is -3.67. The van der Waals surface area contributed by atoms with E-state index >= 15 is 0 Å².